The molecule has 2 aromatic heterocycles. The Morgan fingerprint density at radius 1 is 0.909 bits per heavy atom. The molecular formula is C26H36N6O. The average Bonchev–Trinajstić information content (AvgIpc) is 3.10. The van der Waals surface area contributed by atoms with E-state index in [9.17, 15) is 4.79 Å². The van der Waals surface area contributed by atoms with E-state index in [-0.39, 0.29) is 0 Å². The first-order valence-electron chi connectivity index (χ1n) is 12.8. The molecule has 0 spiro atoms. The standard InChI is InChI=1S/C26H36N6O/c1-17-8-18(2)32(29-17)24-12-23(27-19(3)28-24)30-4-6-31(7-5-30)25(33)16-26-13-20-9-21(14-26)11-22(10-20)15-26/h8,12,20-22H,4-7,9-11,13-16H2,1-3H3. The van der Waals surface area contributed by atoms with Crippen LogP contribution in [0.3, 0.4) is 0 Å². The zero-order valence-electron chi connectivity index (χ0n) is 20.3. The number of carbonyl (C=O) groups excluding carboxylic acids is 1. The van der Waals surface area contributed by atoms with Crippen LogP contribution >= 0.6 is 0 Å². The van der Waals surface area contributed by atoms with E-state index in [2.05, 4.69) is 25.9 Å². The van der Waals surface area contributed by atoms with E-state index < -0.39 is 0 Å². The summed E-state index contributed by atoms with van der Waals surface area (Å²) in [4.78, 5) is 27.1. The van der Waals surface area contributed by atoms with Crippen molar-refractivity contribution in [2.24, 2.45) is 23.2 Å². The van der Waals surface area contributed by atoms with Gasteiger partial charge in [-0.05, 0) is 88.5 Å². The van der Waals surface area contributed by atoms with Crippen LogP contribution < -0.4 is 4.90 Å². The minimum absolute atomic E-state index is 0.321. The Balaban J connectivity index is 1.12. The van der Waals surface area contributed by atoms with Crippen LogP contribution in [0.15, 0.2) is 12.1 Å². The zero-order valence-corrected chi connectivity index (χ0v) is 20.3. The molecule has 5 aliphatic rings. The van der Waals surface area contributed by atoms with Crippen molar-refractivity contribution in [3.05, 3.63) is 29.3 Å². The van der Waals surface area contributed by atoms with Crippen LogP contribution in [0.1, 0.15) is 62.2 Å². The molecule has 0 radical (unpaired) electrons. The van der Waals surface area contributed by atoms with Crippen molar-refractivity contribution in [3.63, 3.8) is 0 Å². The summed E-state index contributed by atoms with van der Waals surface area (Å²) < 4.78 is 1.89. The van der Waals surface area contributed by atoms with Gasteiger partial charge < -0.3 is 9.80 Å². The third-order valence-corrected chi connectivity index (χ3v) is 8.69. The Bertz CT molecular complexity index is 1030. The average molecular weight is 449 g/mol. The van der Waals surface area contributed by atoms with Crippen molar-refractivity contribution >= 4 is 11.7 Å². The van der Waals surface area contributed by atoms with Gasteiger partial charge >= 0.3 is 0 Å². The van der Waals surface area contributed by atoms with Crippen molar-refractivity contribution in [3.8, 4) is 5.82 Å². The maximum atomic E-state index is 13.3. The molecule has 2 aromatic rings. The molecule has 0 atom stereocenters. The smallest absolute Gasteiger partial charge is 0.223 e. The number of amides is 1. The monoisotopic (exact) mass is 448 g/mol. The number of piperazine rings is 1. The molecular weight excluding hydrogens is 412 g/mol. The largest absolute Gasteiger partial charge is 0.353 e. The second-order valence-corrected chi connectivity index (χ2v) is 11.4. The summed E-state index contributed by atoms with van der Waals surface area (Å²) in [6.07, 6.45) is 9.00. The number of hydrogen-bond donors (Lipinski definition) is 0. The number of aryl methyl sites for hydroxylation is 3. The first kappa shape index (κ1) is 21.1. The molecule has 7 rings (SSSR count). The zero-order chi connectivity index (χ0) is 22.7. The number of nitrogens with zero attached hydrogens (tertiary/aromatic N) is 6. The maximum Gasteiger partial charge on any atom is 0.223 e. The predicted octanol–water partition coefficient (Wildman–Crippen LogP) is 3.84. The summed E-state index contributed by atoms with van der Waals surface area (Å²) >= 11 is 0. The highest BCUT2D eigenvalue weighted by Crippen LogP contribution is 2.61. The highest BCUT2D eigenvalue weighted by atomic mass is 16.2. The van der Waals surface area contributed by atoms with Gasteiger partial charge in [-0.25, -0.2) is 14.6 Å². The van der Waals surface area contributed by atoms with Crippen LogP contribution in [0.2, 0.25) is 0 Å². The van der Waals surface area contributed by atoms with Gasteiger partial charge in [-0.3, -0.25) is 4.79 Å². The van der Waals surface area contributed by atoms with E-state index in [0.717, 1.165) is 79.2 Å². The third-order valence-electron chi connectivity index (χ3n) is 8.69. The van der Waals surface area contributed by atoms with E-state index in [4.69, 9.17) is 4.98 Å². The van der Waals surface area contributed by atoms with Gasteiger partial charge in [-0.2, -0.15) is 5.10 Å². The molecule has 5 fully saturated rings. The van der Waals surface area contributed by atoms with Crippen molar-refractivity contribution in [1.29, 1.82) is 0 Å². The van der Waals surface area contributed by atoms with Gasteiger partial charge in [0.1, 0.15) is 11.6 Å². The fourth-order valence-corrected chi connectivity index (χ4v) is 7.79. The van der Waals surface area contributed by atoms with E-state index in [1.54, 1.807) is 0 Å². The minimum Gasteiger partial charge on any atom is -0.353 e. The van der Waals surface area contributed by atoms with E-state index in [1.807, 2.05) is 31.5 Å². The summed E-state index contributed by atoms with van der Waals surface area (Å²) in [6.45, 7) is 9.18. The van der Waals surface area contributed by atoms with Gasteiger partial charge in [0.2, 0.25) is 5.91 Å². The van der Waals surface area contributed by atoms with Gasteiger partial charge in [0.05, 0.1) is 5.69 Å². The van der Waals surface area contributed by atoms with Crippen molar-refractivity contribution in [2.75, 3.05) is 31.1 Å². The second-order valence-electron chi connectivity index (χ2n) is 11.4. The predicted molar refractivity (Wildman–Crippen MR) is 127 cm³/mol. The van der Waals surface area contributed by atoms with Crippen LogP contribution in [-0.4, -0.2) is 56.7 Å². The van der Waals surface area contributed by atoms with E-state index >= 15 is 0 Å². The van der Waals surface area contributed by atoms with Gasteiger partial charge in [0, 0.05) is 44.4 Å². The first-order chi connectivity index (χ1) is 15.9. The Labute approximate surface area is 196 Å². The number of anilines is 1. The summed E-state index contributed by atoms with van der Waals surface area (Å²) in [5.41, 5.74) is 2.37. The van der Waals surface area contributed by atoms with Gasteiger partial charge in [-0.1, -0.05) is 0 Å². The number of carbonyl (C=O) groups is 1. The molecule has 7 nitrogen and oxygen atoms in total. The summed E-state index contributed by atoms with van der Waals surface area (Å²) in [5.74, 6) is 5.57. The molecule has 4 aliphatic carbocycles. The number of aromatic nitrogens is 4. The Morgan fingerprint density at radius 3 is 2.09 bits per heavy atom. The van der Waals surface area contributed by atoms with Crippen LogP contribution in [0.25, 0.3) is 5.82 Å². The third kappa shape index (κ3) is 3.93. The molecule has 4 bridgehead atoms. The van der Waals surface area contributed by atoms with Crippen LogP contribution in [0.4, 0.5) is 5.82 Å². The lowest BCUT2D eigenvalue weighted by molar-refractivity contribution is -0.139. The van der Waals surface area contributed by atoms with Crippen molar-refractivity contribution in [1.82, 2.24) is 24.6 Å². The van der Waals surface area contributed by atoms with Crippen molar-refractivity contribution in [2.45, 2.75) is 65.7 Å². The lowest BCUT2D eigenvalue weighted by Gasteiger charge is -2.57. The molecule has 0 aromatic carbocycles. The maximum absolute atomic E-state index is 13.3. The second kappa shape index (κ2) is 7.81. The van der Waals surface area contributed by atoms with Crippen LogP contribution in [0.5, 0.6) is 0 Å². The molecule has 0 unspecified atom stereocenters. The van der Waals surface area contributed by atoms with Crippen LogP contribution in [-0.2, 0) is 4.79 Å². The number of hydrogen-bond acceptors (Lipinski definition) is 5. The highest BCUT2D eigenvalue weighted by Gasteiger charge is 2.51. The molecule has 0 N–H and O–H groups in total. The molecule has 4 saturated carbocycles. The van der Waals surface area contributed by atoms with Gasteiger partial charge in [0.15, 0.2) is 5.82 Å². The molecule has 1 amide bonds. The Kier molecular flexibility index (Phi) is 5.00. The fraction of sp³-hybridized carbons (Fsp3) is 0.692. The fourth-order valence-electron chi connectivity index (χ4n) is 7.79. The van der Waals surface area contributed by atoms with E-state index in [0.29, 0.717) is 11.3 Å². The van der Waals surface area contributed by atoms with E-state index in [1.165, 1.54) is 38.5 Å². The van der Waals surface area contributed by atoms with Gasteiger partial charge in [0.25, 0.3) is 0 Å². The molecule has 1 aliphatic heterocycles. The SMILES string of the molecule is Cc1cc(C)n(-c2cc(N3CCN(C(=O)CC45CC6CC(CC(C6)C4)C5)CC3)nc(C)n2)n1. The van der Waals surface area contributed by atoms with Crippen LogP contribution in [0, 0.1) is 43.9 Å². The highest BCUT2D eigenvalue weighted by molar-refractivity contribution is 5.77. The number of rotatable bonds is 4. The molecule has 176 valence electrons. The quantitative estimate of drug-likeness (QED) is 0.711. The lowest BCUT2D eigenvalue weighted by Crippen LogP contribution is -2.52. The molecule has 33 heavy (non-hydrogen) atoms. The molecule has 1 saturated heterocycles. The minimum atomic E-state index is 0.321. The molecule has 7 heteroatoms. The van der Waals surface area contributed by atoms with Gasteiger partial charge in [-0.15, -0.1) is 0 Å². The Morgan fingerprint density at radius 2 is 1.52 bits per heavy atom. The first-order valence-corrected chi connectivity index (χ1v) is 12.8. The van der Waals surface area contributed by atoms with Crippen molar-refractivity contribution < 1.29 is 4.79 Å². The normalized spacial score (nSPS) is 30.8. The summed E-state index contributed by atoms with van der Waals surface area (Å²) in [5, 5.41) is 4.59. The Hall–Kier alpha value is -2.44. The summed E-state index contributed by atoms with van der Waals surface area (Å²) in [6, 6.07) is 4.09. The molecule has 3 heterocycles. The lowest BCUT2D eigenvalue weighted by atomic mass is 9.49. The topological polar surface area (TPSA) is 67.2 Å². The summed E-state index contributed by atoms with van der Waals surface area (Å²) in [7, 11) is 0.